The molecule has 2 N–H and O–H groups in total. The monoisotopic (exact) mass is 137 g/mol. The molecule has 2 unspecified atom stereocenters. The van der Waals surface area contributed by atoms with Crippen molar-refractivity contribution >= 4 is 0 Å². The van der Waals surface area contributed by atoms with Gasteiger partial charge in [-0.2, -0.15) is 0 Å². The summed E-state index contributed by atoms with van der Waals surface area (Å²) < 4.78 is 0. The van der Waals surface area contributed by atoms with E-state index < -0.39 is 0 Å². The highest BCUT2D eigenvalue weighted by molar-refractivity contribution is 5.12. The summed E-state index contributed by atoms with van der Waals surface area (Å²) in [6.45, 7) is 0. The summed E-state index contributed by atoms with van der Waals surface area (Å²) in [5.41, 5.74) is 0. The first-order valence-electron chi connectivity index (χ1n) is 4.27. The smallest absolute Gasteiger partial charge is 0.0397 e. The molecule has 0 spiro atoms. The lowest BCUT2D eigenvalue weighted by Crippen LogP contribution is -2.63. The van der Waals surface area contributed by atoms with Gasteiger partial charge < -0.3 is 10.6 Å². The van der Waals surface area contributed by atoms with Crippen molar-refractivity contribution in [2.45, 2.75) is 43.8 Å². The van der Waals surface area contributed by atoms with Crippen molar-refractivity contribution in [3.8, 4) is 0 Å². The fraction of sp³-hybridized carbons (Fsp3) is 0.875. The molecule has 4 saturated heterocycles. The van der Waals surface area contributed by atoms with Crippen molar-refractivity contribution < 1.29 is 0 Å². The van der Waals surface area contributed by atoms with E-state index in [2.05, 4.69) is 10.6 Å². The zero-order valence-electron chi connectivity index (χ0n) is 6.06. The lowest BCUT2D eigenvalue weighted by molar-refractivity contribution is 0.150. The van der Waals surface area contributed by atoms with Gasteiger partial charge in [-0.3, -0.25) is 0 Å². The molecule has 1 radical (unpaired) electrons. The second kappa shape index (κ2) is 1.74. The molecule has 2 atom stereocenters. The van der Waals surface area contributed by atoms with E-state index >= 15 is 0 Å². The molecule has 4 fully saturated rings. The Bertz CT molecular complexity index is 98.8. The molecule has 0 saturated carbocycles. The number of nitrogens with one attached hydrogen (secondary N) is 2. The van der Waals surface area contributed by atoms with E-state index in [0.717, 1.165) is 18.1 Å². The normalized spacial score (nSPS) is 52.2. The Morgan fingerprint density at radius 1 is 1.00 bits per heavy atom. The first-order chi connectivity index (χ1) is 4.90. The van der Waals surface area contributed by atoms with Crippen molar-refractivity contribution in [2.24, 2.45) is 0 Å². The van der Waals surface area contributed by atoms with Gasteiger partial charge in [0.2, 0.25) is 0 Å². The minimum absolute atomic E-state index is 0.828. The highest BCUT2D eigenvalue weighted by Crippen LogP contribution is 2.35. The minimum Gasteiger partial charge on any atom is -0.311 e. The molecule has 0 aromatic carbocycles. The third kappa shape index (κ3) is 0.663. The molecule has 4 aliphatic rings. The van der Waals surface area contributed by atoms with Crippen LogP contribution in [0.3, 0.4) is 0 Å². The Labute approximate surface area is 61.4 Å². The van der Waals surface area contributed by atoms with E-state index in [1.807, 2.05) is 0 Å². The van der Waals surface area contributed by atoms with Crippen LogP contribution in [-0.4, -0.2) is 18.1 Å². The van der Waals surface area contributed by atoms with Gasteiger partial charge in [-0.15, -0.1) is 0 Å². The van der Waals surface area contributed by atoms with Crippen LogP contribution in [0.2, 0.25) is 0 Å². The minimum atomic E-state index is 0.828. The molecule has 0 aromatic heterocycles. The van der Waals surface area contributed by atoms with Crippen molar-refractivity contribution in [3.05, 3.63) is 6.04 Å². The summed E-state index contributed by atoms with van der Waals surface area (Å²) in [6, 6.07) is 4.10. The number of piperidine rings is 4. The van der Waals surface area contributed by atoms with Gasteiger partial charge in [-0.1, -0.05) is 0 Å². The van der Waals surface area contributed by atoms with Crippen molar-refractivity contribution in [1.29, 1.82) is 0 Å². The lowest BCUT2D eigenvalue weighted by atomic mass is 9.76. The van der Waals surface area contributed by atoms with Crippen molar-refractivity contribution in [3.63, 3.8) is 0 Å². The van der Waals surface area contributed by atoms with Crippen molar-refractivity contribution in [2.75, 3.05) is 0 Å². The quantitative estimate of drug-likeness (QED) is 0.505. The first-order valence-corrected chi connectivity index (χ1v) is 4.27. The average Bonchev–Trinajstić information content (AvgIpc) is 1.82. The van der Waals surface area contributed by atoms with E-state index in [0.29, 0.717) is 0 Å². The van der Waals surface area contributed by atoms with E-state index in [1.165, 1.54) is 25.7 Å². The fourth-order valence-electron chi connectivity index (χ4n) is 2.74. The molecule has 0 aliphatic carbocycles. The summed E-state index contributed by atoms with van der Waals surface area (Å²) >= 11 is 0. The van der Waals surface area contributed by atoms with Crippen LogP contribution in [0.4, 0.5) is 0 Å². The number of rotatable bonds is 0. The lowest BCUT2D eigenvalue weighted by Gasteiger charge is -2.50. The zero-order chi connectivity index (χ0) is 6.55. The van der Waals surface area contributed by atoms with E-state index in [-0.39, 0.29) is 0 Å². The molecule has 2 nitrogen and oxygen atoms in total. The molecule has 0 aromatic rings. The average molecular weight is 137 g/mol. The molecule has 4 aliphatic heterocycles. The number of hydrogen-bond acceptors (Lipinski definition) is 2. The summed E-state index contributed by atoms with van der Waals surface area (Å²) in [4.78, 5) is 0. The topological polar surface area (TPSA) is 24.1 Å². The molecule has 0 amide bonds. The fourth-order valence-corrected chi connectivity index (χ4v) is 2.74. The van der Waals surface area contributed by atoms with Gasteiger partial charge in [0, 0.05) is 24.2 Å². The molecule has 4 bridgehead atoms. The van der Waals surface area contributed by atoms with Crippen LogP contribution in [-0.2, 0) is 0 Å². The van der Waals surface area contributed by atoms with Crippen LogP contribution in [0.5, 0.6) is 0 Å². The Kier molecular flexibility index (Phi) is 0.968. The maximum Gasteiger partial charge on any atom is 0.0397 e. The summed E-state index contributed by atoms with van der Waals surface area (Å²) in [5.74, 6) is 0. The molecular formula is C8H13N2. The van der Waals surface area contributed by atoms with Gasteiger partial charge in [0.15, 0.2) is 0 Å². The van der Waals surface area contributed by atoms with Crippen LogP contribution in [0.15, 0.2) is 0 Å². The standard InChI is InChI=1S/C8H13N2/c1-5-2-7-4-8(9-5)3-6(1)10-7/h5-7,9-10H,1-4H2. The van der Waals surface area contributed by atoms with Gasteiger partial charge in [0.25, 0.3) is 0 Å². The number of hydrogen-bond donors (Lipinski definition) is 2. The van der Waals surface area contributed by atoms with E-state index in [4.69, 9.17) is 0 Å². The Balaban J connectivity index is 1.90. The zero-order valence-corrected chi connectivity index (χ0v) is 6.06. The van der Waals surface area contributed by atoms with Crippen molar-refractivity contribution in [1.82, 2.24) is 10.6 Å². The highest BCUT2D eigenvalue weighted by atomic mass is 15.1. The summed E-state index contributed by atoms with van der Waals surface area (Å²) in [6.07, 6.45) is 5.32. The third-order valence-electron chi connectivity index (χ3n) is 3.00. The van der Waals surface area contributed by atoms with Gasteiger partial charge in [0.05, 0.1) is 0 Å². The Morgan fingerprint density at radius 3 is 2.20 bits per heavy atom. The predicted octanol–water partition coefficient (Wildman–Crippen LogP) is 0.405. The van der Waals surface area contributed by atoms with Crippen LogP contribution >= 0.6 is 0 Å². The maximum atomic E-state index is 3.65. The third-order valence-corrected chi connectivity index (χ3v) is 3.00. The van der Waals surface area contributed by atoms with Crippen LogP contribution < -0.4 is 10.6 Å². The second-order valence-electron chi connectivity index (χ2n) is 3.88. The summed E-state index contributed by atoms with van der Waals surface area (Å²) in [7, 11) is 0. The molecular weight excluding hydrogens is 124 g/mol. The predicted molar refractivity (Wildman–Crippen MR) is 39.3 cm³/mol. The van der Waals surface area contributed by atoms with Crippen LogP contribution in [0, 0.1) is 6.04 Å². The van der Waals surface area contributed by atoms with Crippen LogP contribution in [0.25, 0.3) is 0 Å². The van der Waals surface area contributed by atoms with Gasteiger partial charge >= 0.3 is 0 Å². The van der Waals surface area contributed by atoms with Crippen LogP contribution in [0.1, 0.15) is 25.7 Å². The van der Waals surface area contributed by atoms with Gasteiger partial charge in [-0.05, 0) is 25.7 Å². The molecule has 10 heavy (non-hydrogen) atoms. The highest BCUT2D eigenvalue weighted by Gasteiger charge is 2.41. The molecule has 2 heteroatoms. The molecule has 4 heterocycles. The first kappa shape index (κ1) is 5.56. The summed E-state index contributed by atoms with van der Waals surface area (Å²) in [5, 5.41) is 7.24. The molecule has 4 rings (SSSR count). The second-order valence-corrected chi connectivity index (χ2v) is 3.88. The van der Waals surface area contributed by atoms with Gasteiger partial charge in [0.1, 0.15) is 0 Å². The SMILES string of the molecule is C1[C]2CC3CC(CC1N3)N2. The van der Waals surface area contributed by atoms with E-state index in [9.17, 15) is 0 Å². The largest absolute Gasteiger partial charge is 0.311 e. The Hall–Kier alpha value is -0.0800. The van der Waals surface area contributed by atoms with E-state index in [1.54, 1.807) is 6.04 Å². The maximum absolute atomic E-state index is 3.65. The van der Waals surface area contributed by atoms with Gasteiger partial charge in [-0.25, -0.2) is 0 Å². The molecule has 55 valence electrons. The Morgan fingerprint density at radius 2 is 1.70 bits per heavy atom.